The fourth-order valence-corrected chi connectivity index (χ4v) is 13.4. The fraction of sp³-hybridized carbons (Fsp3) is 0.714. The lowest BCUT2D eigenvalue weighted by Gasteiger charge is -2.64. The molecule has 0 unspecified atom stereocenters. The number of ketones is 1. The van der Waals surface area contributed by atoms with Gasteiger partial charge in [-0.25, -0.2) is 4.79 Å². The Balaban J connectivity index is 1.21. The number of methoxy groups -OCH3 is 1. The number of Topliss-reactive ketones (excluding diaryl/α,β-unsaturated/α-hetero) is 1. The Morgan fingerprint density at radius 3 is 2.21 bits per heavy atom. The molecule has 12 nitrogen and oxygen atoms in total. The standard InChI is InChI=1S/C49H71NO11/c1-28(51)22-30-25-47(7)34-24-37(52)49(9)32(31-16-19-38(45(4,5)57)60-42(31)55)20-21-48(49,8)33(34)17-18-36(47)44(2,3)41(30)61-40(54)27-46(6,58)26-39(53)50-35(43(56)59-10)23-29-14-12-11-13-15-29/h11-15,23,30-32,36-38,41-42,52,55,57-58H,16-22,24-27H2,1-10H3,(H,50,53)/b35-23+/t30-,31+,32+,36+,37+,38+,41-,42-,46-,47+,48-,49-/m0/s1. The highest BCUT2D eigenvalue weighted by molar-refractivity contribution is 5.98. The molecule has 338 valence electrons. The lowest BCUT2D eigenvalue weighted by Crippen LogP contribution is -2.61. The van der Waals surface area contributed by atoms with Crippen molar-refractivity contribution in [2.24, 2.45) is 45.3 Å². The number of nitrogens with one attached hydrogen (secondary N) is 1. The van der Waals surface area contributed by atoms with E-state index in [0.29, 0.717) is 31.2 Å². The normalized spacial score (nSPS) is 37.0. The Morgan fingerprint density at radius 2 is 1.61 bits per heavy atom. The van der Waals surface area contributed by atoms with E-state index in [4.69, 9.17) is 14.2 Å². The molecule has 0 spiro atoms. The van der Waals surface area contributed by atoms with Crippen LogP contribution in [0, 0.1) is 45.3 Å². The van der Waals surface area contributed by atoms with Gasteiger partial charge in [0.05, 0.1) is 43.4 Å². The van der Waals surface area contributed by atoms with Crippen molar-refractivity contribution in [1.29, 1.82) is 0 Å². The van der Waals surface area contributed by atoms with Gasteiger partial charge in [-0.15, -0.1) is 0 Å². The van der Waals surface area contributed by atoms with Crippen LogP contribution in [0.4, 0.5) is 0 Å². The van der Waals surface area contributed by atoms with Crippen LogP contribution in [-0.2, 0) is 33.4 Å². The summed E-state index contributed by atoms with van der Waals surface area (Å²) >= 11 is 0. The Hall–Kier alpha value is -3.42. The molecule has 0 radical (unpaired) electrons. The summed E-state index contributed by atoms with van der Waals surface area (Å²) in [5.41, 5.74) is -1.55. The third-order valence-corrected chi connectivity index (χ3v) is 16.3. The number of fused-ring (bicyclic) bond motifs is 4. The number of hydrogen-bond acceptors (Lipinski definition) is 11. The molecule has 0 bridgehead atoms. The van der Waals surface area contributed by atoms with Crippen LogP contribution in [-0.4, -0.2) is 87.0 Å². The van der Waals surface area contributed by atoms with Gasteiger partial charge in [-0.05, 0) is 113 Å². The highest BCUT2D eigenvalue weighted by atomic mass is 16.6. The summed E-state index contributed by atoms with van der Waals surface area (Å²) in [7, 11) is 1.20. The van der Waals surface area contributed by atoms with Gasteiger partial charge in [0.1, 0.15) is 17.6 Å². The number of hydrogen-bond donors (Lipinski definition) is 5. The molecule has 1 aliphatic heterocycles. The predicted molar refractivity (Wildman–Crippen MR) is 229 cm³/mol. The monoisotopic (exact) mass is 850 g/mol. The minimum absolute atomic E-state index is 0.0193. The molecular formula is C49H71NO11. The Labute approximate surface area is 361 Å². The van der Waals surface area contributed by atoms with E-state index in [1.165, 1.54) is 31.3 Å². The third kappa shape index (κ3) is 8.78. The van der Waals surface area contributed by atoms with E-state index in [1.54, 1.807) is 45.0 Å². The van der Waals surface area contributed by atoms with Gasteiger partial charge in [0.2, 0.25) is 5.91 Å². The van der Waals surface area contributed by atoms with Gasteiger partial charge in [0, 0.05) is 29.1 Å². The number of carbonyl (C=O) groups excluding carboxylic acids is 4. The lowest BCUT2D eigenvalue weighted by atomic mass is 9.41. The molecule has 1 aromatic carbocycles. The largest absolute Gasteiger partial charge is 0.464 e. The summed E-state index contributed by atoms with van der Waals surface area (Å²) in [4.78, 5) is 52.5. The summed E-state index contributed by atoms with van der Waals surface area (Å²) in [5, 5.41) is 48.4. The number of ether oxygens (including phenoxy) is 3. The first-order valence-electron chi connectivity index (χ1n) is 22.3. The lowest BCUT2D eigenvalue weighted by molar-refractivity contribution is -0.251. The molecule has 5 aliphatic rings. The zero-order valence-corrected chi connectivity index (χ0v) is 38.0. The van der Waals surface area contributed by atoms with Gasteiger partial charge >= 0.3 is 11.9 Å². The van der Waals surface area contributed by atoms with Gasteiger partial charge in [0.15, 0.2) is 6.29 Å². The van der Waals surface area contributed by atoms with Gasteiger partial charge < -0.3 is 44.7 Å². The molecular weight excluding hydrogens is 779 g/mol. The molecule has 1 amide bonds. The van der Waals surface area contributed by atoms with Gasteiger partial charge in [-0.2, -0.15) is 0 Å². The molecule has 3 fully saturated rings. The van der Waals surface area contributed by atoms with Crippen LogP contribution in [0.5, 0.6) is 0 Å². The molecule has 61 heavy (non-hydrogen) atoms. The van der Waals surface area contributed by atoms with Crippen LogP contribution in [0.3, 0.4) is 0 Å². The number of aliphatic hydroxyl groups excluding tert-OH is 2. The fourth-order valence-electron chi connectivity index (χ4n) is 13.4. The van der Waals surface area contributed by atoms with Crippen molar-refractivity contribution in [1.82, 2.24) is 5.32 Å². The maximum absolute atomic E-state index is 13.8. The summed E-state index contributed by atoms with van der Waals surface area (Å²) < 4.78 is 17.3. The van der Waals surface area contributed by atoms with Crippen LogP contribution in [0.1, 0.15) is 139 Å². The highest BCUT2D eigenvalue weighted by Gasteiger charge is 2.68. The van der Waals surface area contributed by atoms with Crippen LogP contribution >= 0.6 is 0 Å². The summed E-state index contributed by atoms with van der Waals surface area (Å²) in [5.74, 6) is -2.60. The number of aliphatic hydroxyl groups is 4. The van der Waals surface area contributed by atoms with Crippen LogP contribution in [0.15, 0.2) is 47.2 Å². The molecule has 4 aliphatic carbocycles. The SMILES string of the molecule is COC(=O)/C(=C\c1ccccc1)NC(=O)C[C@](C)(O)CC(=O)O[C@H]1[C@@H](CC(C)=O)C[C@]2(C)C3=C(CC[C@@H]2C1(C)C)[C@]1(C)CC[C@H]([C@H]2CC[C@H](C(C)(C)O)O[C@@H]2O)[C@@]1(C)[C@H](O)C3. The first-order chi connectivity index (χ1) is 28.3. The quantitative estimate of drug-likeness (QED) is 0.0870. The maximum Gasteiger partial charge on any atom is 0.354 e. The van der Waals surface area contributed by atoms with E-state index >= 15 is 0 Å². The molecule has 2 saturated carbocycles. The van der Waals surface area contributed by atoms with Crippen molar-refractivity contribution >= 4 is 29.7 Å². The average Bonchev–Trinajstić information content (AvgIpc) is 3.44. The first kappa shape index (κ1) is 47.1. The van der Waals surface area contributed by atoms with Crippen molar-refractivity contribution in [3.05, 3.63) is 52.7 Å². The predicted octanol–water partition coefficient (Wildman–Crippen LogP) is 6.57. The van der Waals surface area contributed by atoms with E-state index < -0.39 is 82.7 Å². The highest BCUT2D eigenvalue weighted by Crippen LogP contribution is 2.73. The molecule has 1 aromatic rings. The first-order valence-corrected chi connectivity index (χ1v) is 22.3. The van der Waals surface area contributed by atoms with Gasteiger partial charge in [-0.1, -0.05) is 76.1 Å². The summed E-state index contributed by atoms with van der Waals surface area (Å²) in [6.07, 6.45) is 3.62. The Kier molecular flexibility index (Phi) is 13.1. The topological polar surface area (TPSA) is 189 Å². The van der Waals surface area contributed by atoms with Crippen LogP contribution in [0.25, 0.3) is 6.08 Å². The van der Waals surface area contributed by atoms with Crippen molar-refractivity contribution in [3.8, 4) is 0 Å². The number of esters is 2. The molecule has 1 heterocycles. The van der Waals surface area contributed by atoms with Gasteiger partial charge in [-0.3, -0.25) is 9.59 Å². The van der Waals surface area contributed by atoms with Crippen molar-refractivity contribution in [2.45, 2.75) is 169 Å². The van der Waals surface area contributed by atoms with E-state index in [1.807, 2.05) is 6.07 Å². The van der Waals surface area contributed by atoms with E-state index in [-0.39, 0.29) is 47.0 Å². The number of amides is 1. The molecule has 12 atom stereocenters. The number of rotatable bonds is 12. The Bertz CT molecular complexity index is 1910. The summed E-state index contributed by atoms with van der Waals surface area (Å²) in [6, 6.07) is 8.91. The van der Waals surface area contributed by atoms with Gasteiger partial charge in [0.25, 0.3) is 0 Å². The second-order valence-electron chi connectivity index (χ2n) is 21.3. The summed E-state index contributed by atoms with van der Waals surface area (Å²) in [6.45, 7) is 17.3. The van der Waals surface area contributed by atoms with E-state index in [9.17, 15) is 39.6 Å². The maximum atomic E-state index is 13.8. The zero-order chi connectivity index (χ0) is 45.1. The second kappa shape index (κ2) is 16.9. The molecule has 0 aromatic heterocycles. The average molecular weight is 850 g/mol. The molecule has 6 rings (SSSR count). The smallest absolute Gasteiger partial charge is 0.354 e. The molecule has 12 heteroatoms. The van der Waals surface area contributed by atoms with E-state index in [2.05, 4.69) is 39.9 Å². The van der Waals surface area contributed by atoms with Crippen LogP contribution < -0.4 is 5.32 Å². The van der Waals surface area contributed by atoms with Crippen molar-refractivity contribution < 1.29 is 53.8 Å². The molecule has 1 saturated heterocycles. The molecule has 5 N–H and O–H groups in total. The van der Waals surface area contributed by atoms with E-state index in [0.717, 1.165) is 25.7 Å². The minimum Gasteiger partial charge on any atom is -0.464 e. The zero-order valence-electron chi connectivity index (χ0n) is 38.0. The minimum atomic E-state index is -1.82. The third-order valence-electron chi connectivity index (χ3n) is 16.3. The second-order valence-corrected chi connectivity index (χ2v) is 21.3. The Morgan fingerprint density at radius 1 is 0.934 bits per heavy atom. The number of carbonyl (C=O) groups is 4. The van der Waals surface area contributed by atoms with Crippen molar-refractivity contribution in [2.75, 3.05) is 7.11 Å². The van der Waals surface area contributed by atoms with Crippen molar-refractivity contribution in [3.63, 3.8) is 0 Å². The number of benzene rings is 1. The van der Waals surface area contributed by atoms with Crippen LogP contribution in [0.2, 0.25) is 0 Å². The number of allylic oxidation sites excluding steroid dienone is 1.